The maximum absolute atomic E-state index is 12.9. The van der Waals surface area contributed by atoms with Gasteiger partial charge in [0, 0.05) is 62.3 Å². The fourth-order valence-corrected chi connectivity index (χ4v) is 7.02. The molecule has 0 N–H and O–H groups in total. The van der Waals surface area contributed by atoms with Gasteiger partial charge in [-0.3, -0.25) is 29.8 Å². The van der Waals surface area contributed by atoms with Crippen LogP contribution in [-0.4, -0.2) is 70.0 Å². The van der Waals surface area contributed by atoms with Crippen molar-refractivity contribution in [3.05, 3.63) is 79.9 Å². The summed E-state index contributed by atoms with van der Waals surface area (Å²) in [5.74, 6) is -0.445. The number of carbonyl (C=O) groups is 2. The molecule has 0 spiro atoms. The normalized spacial score (nSPS) is 21.1. The predicted molar refractivity (Wildman–Crippen MR) is 174 cm³/mol. The molecule has 0 bridgehead atoms. The molecule has 6 rings (SSSR count). The van der Waals surface area contributed by atoms with Crippen molar-refractivity contribution >= 4 is 47.1 Å². The number of piperidine rings is 2. The van der Waals surface area contributed by atoms with Crippen LogP contribution in [-0.2, 0) is 9.59 Å². The van der Waals surface area contributed by atoms with Crippen molar-refractivity contribution in [1.29, 1.82) is 0 Å². The van der Waals surface area contributed by atoms with E-state index >= 15 is 0 Å². The van der Waals surface area contributed by atoms with Gasteiger partial charge in [0.25, 0.3) is 11.4 Å². The van der Waals surface area contributed by atoms with Crippen molar-refractivity contribution in [2.24, 2.45) is 53.2 Å². The number of rotatable bonds is 10. The van der Waals surface area contributed by atoms with Crippen LogP contribution in [0.15, 0.2) is 99.7 Å². The van der Waals surface area contributed by atoms with Gasteiger partial charge < -0.3 is 9.80 Å². The predicted octanol–water partition coefficient (Wildman–Crippen LogP) is 6.48. The lowest BCUT2D eigenvalue weighted by molar-refractivity contribution is -0.388. The molecule has 2 fully saturated rings. The molecule has 19 heteroatoms. The highest BCUT2D eigenvalue weighted by Crippen LogP contribution is 2.40. The number of hydrogen-bond acceptors (Lipinski definition) is 15. The highest BCUT2D eigenvalue weighted by molar-refractivity contribution is 7.99. The number of amides is 2. The summed E-state index contributed by atoms with van der Waals surface area (Å²) in [5, 5.41) is 54.2. The largest absolute Gasteiger partial charge is 0.339 e. The number of carbonyl (C=O) groups excluding carboxylic acids is 2. The highest BCUT2D eigenvalue weighted by atomic mass is 32.2. The summed E-state index contributed by atoms with van der Waals surface area (Å²) in [6, 6.07) is 8.85. The fraction of sp³-hybridized carbons (Fsp3) is 0.400. The Kier molecular flexibility index (Phi) is 10.3. The SMILES string of the molecule is O=C(/C=C/c1ccc(Sc2ccc(/C=C/C(=O)N3CCCC(C4N=NN=N4)C3)cc2[N+](=O)[O-])c([N+](=O)[O-])c1)N1CCCC(C2N=NN=N2)C1. The molecular formula is C30H30N12O6S. The fourth-order valence-electron chi connectivity index (χ4n) is 6.03. The van der Waals surface area contributed by atoms with E-state index in [1.54, 1.807) is 21.9 Å². The molecule has 2 atom stereocenters. The molecule has 2 amide bonds. The molecule has 0 radical (unpaired) electrons. The number of nitrogens with zero attached hydrogens (tertiary/aromatic N) is 12. The molecule has 18 nitrogen and oxygen atoms in total. The van der Waals surface area contributed by atoms with Crippen LogP contribution in [0.1, 0.15) is 36.8 Å². The summed E-state index contributed by atoms with van der Waals surface area (Å²) in [6.45, 7) is 2.04. The maximum atomic E-state index is 12.9. The molecule has 252 valence electrons. The number of benzene rings is 2. The second kappa shape index (κ2) is 15.1. The van der Waals surface area contributed by atoms with Gasteiger partial charge in [0.15, 0.2) is 12.3 Å². The van der Waals surface area contributed by atoms with Crippen LogP contribution < -0.4 is 0 Å². The van der Waals surface area contributed by atoms with E-state index in [-0.39, 0.29) is 57.1 Å². The van der Waals surface area contributed by atoms with Crippen LogP contribution in [0.5, 0.6) is 0 Å². The second-order valence-electron chi connectivity index (χ2n) is 11.8. The van der Waals surface area contributed by atoms with Gasteiger partial charge >= 0.3 is 0 Å². The molecule has 0 aliphatic carbocycles. The third kappa shape index (κ3) is 8.11. The molecular weight excluding hydrogens is 656 g/mol. The van der Waals surface area contributed by atoms with Crippen LogP contribution >= 0.6 is 11.8 Å². The van der Waals surface area contributed by atoms with Crippen LogP contribution in [0.2, 0.25) is 0 Å². The summed E-state index contributed by atoms with van der Waals surface area (Å²) in [5.41, 5.74) is 0.318. The first kappa shape index (κ1) is 33.3. The Bertz CT molecular complexity index is 1670. The Morgan fingerprint density at radius 3 is 1.49 bits per heavy atom. The highest BCUT2D eigenvalue weighted by Gasteiger charge is 2.32. The minimum atomic E-state index is -0.570. The van der Waals surface area contributed by atoms with Crippen molar-refractivity contribution in [2.45, 2.75) is 47.8 Å². The summed E-state index contributed by atoms with van der Waals surface area (Å²) in [6.07, 6.45) is 8.23. The molecule has 0 aromatic heterocycles. The number of hydrogen-bond donors (Lipinski definition) is 0. The third-order valence-electron chi connectivity index (χ3n) is 8.56. The lowest BCUT2D eigenvalue weighted by Crippen LogP contribution is -2.41. The summed E-state index contributed by atoms with van der Waals surface area (Å²) in [7, 11) is 0. The first-order valence-electron chi connectivity index (χ1n) is 15.5. The molecule has 2 aromatic rings. The van der Waals surface area contributed by atoms with Crippen molar-refractivity contribution in [3.8, 4) is 0 Å². The topological polar surface area (TPSA) is 226 Å². The molecule has 49 heavy (non-hydrogen) atoms. The van der Waals surface area contributed by atoms with Gasteiger partial charge in [0.1, 0.15) is 0 Å². The number of nitro groups is 2. The Morgan fingerprint density at radius 2 is 1.10 bits per heavy atom. The quantitative estimate of drug-likeness (QED) is 0.153. The Morgan fingerprint density at radius 1 is 0.694 bits per heavy atom. The van der Waals surface area contributed by atoms with Crippen LogP contribution in [0.25, 0.3) is 12.2 Å². The minimum absolute atomic E-state index is 0.0204. The molecule has 0 saturated carbocycles. The Balaban J connectivity index is 1.12. The standard InChI is InChI=1S/C30H30N12O6S/c43-27(39-13-1-3-21(17-39)29-31-35-36-32-29)11-7-19-5-9-25(23(15-19)41(45)46)49-26-10-6-20(16-24(26)42(47)48)8-12-28(44)40-14-2-4-22(18-40)30-33-37-38-34-30/h5-12,15-16,21-22,29-30H,1-4,13-14,17-18H2/b11-7+,12-8+. The molecule has 4 aliphatic rings. The van der Waals surface area contributed by atoms with E-state index in [2.05, 4.69) is 41.4 Å². The van der Waals surface area contributed by atoms with Gasteiger partial charge in [0.2, 0.25) is 11.8 Å². The first-order valence-corrected chi connectivity index (χ1v) is 16.4. The van der Waals surface area contributed by atoms with Gasteiger partial charge in [-0.1, -0.05) is 23.9 Å². The van der Waals surface area contributed by atoms with Gasteiger partial charge in [0.05, 0.1) is 19.6 Å². The van der Waals surface area contributed by atoms with E-state index in [1.807, 2.05) is 0 Å². The van der Waals surface area contributed by atoms with Gasteiger partial charge in [-0.05, 0) is 82.0 Å². The maximum Gasteiger partial charge on any atom is 0.283 e. The van der Waals surface area contributed by atoms with Gasteiger partial charge in [-0.25, -0.2) is 0 Å². The Labute approximate surface area is 283 Å². The van der Waals surface area contributed by atoms with Crippen molar-refractivity contribution in [2.75, 3.05) is 26.2 Å². The zero-order valence-corrected chi connectivity index (χ0v) is 26.8. The zero-order chi connectivity index (χ0) is 34.3. The van der Waals surface area contributed by atoms with E-state index in [4.69, 9.17) is 0 Å². The van der Waals surface area contributed by atoms with Crippen molar-refractivity contribution < 1.29 is 19.4 Å². The lowest BCUT2D eigenvalue weighted by Gasteiger charge is -2.32. The van der Waals surface area contributed by atoms with E-state index in [9.17, 15) is 29.8 Å². The summed E-state index contributed by atoms with van der Waals surface area (Å²) in [4.78, 5) is 52.5. The molecule has 2 aromatic carbocycles. The number of likely N-dealkylation sites (tertiary alicyclic amines) is 2. The van der Waals surface area contributed by atoms with Gasteiger partial charge in [-0.15, -0.1) is 20.5 Å². The smallest absolute Gasteiger partial charge is 0.283 e. The second-order valence-corrected chi connectivity index (χ2v) is 12.8. The molecule has 4 heterocycles. The number of nitro benzene ring substituents is 2. The Hall–Kier alpha value is -5.59. The first-order chi connectivity index (χ1) is 23.7. The molecule has 2 unspecified atom stereocenters. The minimum Gasteiger partial charge on any atom is -0.339 e. The average molecular weight is 687 g/mol. The third-order valence-corrected chi connectivity index (χ3v) is 9.69. The summed E-state index contributed by atoms with van der Waals surface area (Å²) >= 11 is 0.886. The van der Waals surface area contributed by atoms with Crippen LogP contribution in [0.4, 0.5) is 11.4 Å². The zero-order valence-electron chi connectivity index (χ0n) is 26.0. The van der Waals surface area contributed by atoms with E-state index < -0.39 is 9.85 Å². The molecule has 2 saturated heterocycles. The lowest BCUT2D eigenvalue weighted by atomic mass is 9.95. The van der Waals surface area contributed by atoms with Gasteiger partial charge in [-0.2, -0.15) is 0 Å². The monoisotopic (exact) mass is 686 g/mol. The van der Waals surface area contributed by atoms with Crippen molar-refractivity contribution in [3.63, 3.8) is 0 Å². The van der Waals surface area contributed by atoms with E-state index in [0.29, 0.717) is 37.3 Å². The van der Waals surface area contributed by atoms with E-state index in [0.717, 1.165) is 37.4 Å². The van der Waals surface area contributed by atoms with Crippen LogP contribution in [0, 0.1) is 32.1 Å². The average Bonchev–Trinajstić information content (AvgIpc) is 3.86. The summed E-state index contributed by atoms with van der Waals surface area (Å²) < 4.78 is 0. The van der Waals surface area contributed by atoms with E-state index in [1.165, 1.54) is 48.6 Å². The molecule has 4 aliphatic heterocycles. The van der Waals surface area contributed by atoms with Crippen LogP contribution in [0.3, 0.4) is 0 Å². The van der Waals surface area contributed by atoms with Crippen molar-refractivity contribution in [1.82, 2.24) is 9.80 Å².